The number of nitrogens with zero attached hydrogens (tertiary/aromatic N) is 2. The van der Waals surface area contributed by atoms with Crippen LogP contribution in [0, 0.1) is 6.92 Å². The third-order valence-electron chi connectivity index (χ3n) is 3.26. The van der Waals surface area contributed by atoms with E-state index in [0.717, 1.165) is 25.1 Å². The molecule has 5 nitrogen and oxygen atoms in total. The average Bonchev–Trinajstić information content (AvgIpc) is 2.67. The van der Waals surface area contributed by atoms with Gasteiger partial charge in [-0.15, -0.1) is 0 Å². The van der Waals surface area contributed by atoms with Gasteiger partial charge in [0.25, 0.3) is 5.91 Å². The van der Waals surface area contributed by atoms with E-state index in [-0.39, 0.29) is 11.4 Å². The van der Waals surface area contributed by atoms with Gasteiger partial charge in [0, 0.05) is 17.8 Å². The highest BCUT2D eigenvalue weighted by molar-refractivity contribution is 5.95. The summed E-state index contributed by atoms with van der Waals surface area (Å²) in [5.41, 5.74) is 6.83. The molecule has 1 aromatic rings. The van der Waals surface area contributed by atoms with Crippen molar-refractivity contribution in [2.75, 3.05) is 6.54 Å². The number of rotatable bonds is 6. The Morgan fingerprint density at radius 2 is 2.22 bits per heavy atom. The minimum atomic E-state index is -0.192. The Hall–Kier alpha value is -1.36. The standard InChI is InChI=1S/C13H24N4O/c1-5-13(3,4)16-12(18)11-9-15-17(10(11)2)8-6-7-14/h9H,5-8,14H2,1-4H3,(H,16,18). The Balaban J connectivity index is 2.78. The largest absolute Gasteiger partial charge is 0.347 e. The lowest BCUT2D eigenvalue weighted by atomic mass is 10.0. The number of aryl methyl sites for hydroxylation is 1. The molecule has 0 atom stereocenters. The SMILES string of the molecule is CCC(C)(C)NC(=O)c1cnn(CCCN)c1C. The van der Waals surface area contributed by atoms with Gasteiger partial charge in [-0.25, -0.2) is 0 Å². The predicted octanol–water partition coefficient (Wildman–Crippen LogP) is 1.46. The molecule has 0 aliphatic carbocycles. The molecule has 1 heterocycles. The smallest absolute Gasteiger partial charge is 0.255 e. The van der Waals surface area contributed by atoms with E-state index in [2.05, 4.69) is 17.3 Å². The monoisotopic (exact) mass is 252 g/mol. The van der Waals surface area contributed by atoms with E-state index >= 15 is 0 Å². The number of hydrogen-bond acceptors (Lipinski definition) is 3. The van der Waals surface area contributed by atoms with Crippen LogP contribution in [-0.2, 0) is 6.54 Å². The second-order valence-electron chi connectivity index (χ2n) is 5.20. The van der Waals surface area contributed by atoms with Crippen LogP contribution < -0.4 is 11.1 Å². The number of aromatic nitrogens is 2. The normalized spacial score (nSPS) is 11.6. The van der Waals surface area contributed by atoms with Gasteiger partial charge in [-0.1, -0.05) is 6.92 Å². The fourth-order valence-corrected chi connectivity index (χ4v) is 1.60. The molecule has 1 amide bonds. The van der Waals surface area contributed by atoms with Crippen molar-refractivity contribution in [1.82, 2.24) is 15.1 Å². The van der Waals surface area contributed by atoms with Crippen LogP contribution in [0.4, 0.5) is 0 Å². The van der Waals surface area contributed by atoms with Crippen LogP contribution in [0.15, 0.2) is 6.20 Å². The molecule has 5 heteroatoms. The molecule has 0 fully saturated rings. The maximum atomic E-state index is 12.1. The highest BCUT2D eigenvalue weighted by Gasteiger charge is 2.21. The summed E-state index contributed by atoms with van der Waals surface area (Å²) in [6.07, 6.45) is 3.38. The Labute approximate surface area is 109 Å². The summed E-state index contributed by atoms with van der Waals surface area (Å²) in [7, 11) is 0. The molecule has 0 aromatic carbocycles. The molecule has 0 unspecified atom stereocenters. The van der Waals surface area contributed by atoms with Crippen molar-refractivity contribution in [3.05, 3.63) is 17.5 Å². The van der Waals surface area contributed by atoms with Gasteiger partial charge in [-0.2, -0.15) is 5.10 Å². The Morgan fingerprint density at radius 1 is 1.56 bits per heavy atom. The van der Waals surface area contributed by atoms with Gasteiger partial charge in [0.2, 0.25) is 0 Å². The quantitative estimate of drug-likeness (QED) is 0.805. The summed E-state index contributed by atoms with van der Waals surface area (Å²) in [5, 5.41) is 7.25. The Morgan fingerprint density at radius 3 is 2.78 bits per heavy atom. The van der Waals surface area contributed by atoms with E-state index in [1.165, 1.54) is 0 Å². The number of nitrogens with one attached hydrogen (secondary N) is 1. The van der Waals surface area contributed by atoms with Crippen LogP contribution in [0.5, 0.6) is 0 Å². The van der Waals surface area contributed by atoms with Crippen molar-refractivity contribution >= 4 is 5.91 Å². The summed E-state index contributed by atoms with van der Waals surface area (Å²) in [4.78, 5) is 12.1. The van der Waals surface area contributed by atoms with Crippen LogP contribution in [0.3, 0.4) is 0 Å². The minimum absolute atomic E-state index is 0.0571. The first-order valence-corrected chi connectivity index (χ1v) is 6.46. The van der Waals surface area contributed by atoms with E-state index in [1.807, 2.05) is 25.5 Å². The zero-order valence-corrected chi connectivity index (χ0v) is 11.8. The Kier molecular flexibility index (Phi) is 4.90. The molecule has 0 aliphatic heterocycles. The van der Waals surface area contributed by atoms with Crippen LogP contribution in [0.1, 0.15) is 49.7 Å². The first kappa shape index (κ1) is 14.7. The second-order valence-corrected chi connectivity index (χ2v) is 5.20. The second kappa shape index (κ2) is 6.00. The number of amides is 1. The molecular weight excluding hydrogens is 228 g/mol. The number of carbonyl (C=O) groups is 1. The minimum Gasteiger partial charge on any atom is -0.347 e. The number of hydrogen-bond donors (Lipinski definition) is 2. The fraction of sp³-hybridized carbons (Fsp3) is 0.692. The lowest BCUT2D eigenvalue weighted by Gasteiger charge is -2.24. The topological polar surface area (TPSA) is 72.9 Å². The molecule has 102 valence electrons. The van der Waals surface area contributed by atoms with E-state index in [4.69, 9.17) is 5.73 Å². The summed E-state index contributed by atoms with van der Waals surface area (Å²) in [6.45, 7) is 9.38. The van der Waals surface area contributed by atoms with Crippen LogP contribution in [-0.4, -0.2) is 27.8 Å². The molecular formula is C13H24N4O. The molecule has 0 saturated heterocycles. The first-order valence-electron chi connectivity index (χ1n) is 6.46. The van der Waals surface area contributed by atoms with E-state index < -0.39 is 0 Å². The molecule has 0 radical (unpaired) electrons. The molecule has 18 heavy (non-hydrogen) atoms. The molecule has 0 spiro atoms. The van der Waals surface area contributed by atoms with E-state index in [1.54, 1.807) is 6.20 Å². The van der Waals surface area contributed by atoms with Gasteiger partial charge in [0.05, 0.1) is 11.8 Å². The summed E-state index contributed by atoms with van der Waals surface area (Å²) in [5.74, 6) is -0.0571. The van der Waals surface area contributed by atoms with Crippen LogP contribution in [0.25, 0.3) is 0 Å². The zero-order chi connectivity index (χ0) is 13.8. The van der Waals surface area contributed by atoms with Crippen molar-refractivity contribution in [2.24, 2.45) is 5.73 Å². The van der Waals surface area contributed by atoms with Crippen molar-refractivity contribution in [2.45, 2.75) is 52.6 Å². The fourth-order valence-electron chi connectivity index (χ4n) is 1.60. The maximum absolute atomic E-state index is 12.1. The lowest BCUT2D eigenvalue weighted by Crippen LogP contribution is -2.42. The number of nitrogens with two attached hydrogens (primary N) is 1. The number of carbonyl (C=O) groups excluding carboxylic acids is 1. The van der Waals surface area contributed by atoms with E-state index in [9.17, 15) is 4.79 Å². The molecule has 1 rings (SSSR count). The molecule has 0 bridgehead atoms. The van der Waals surface area contributed by atoms with Crippen LogP contribution >= 0.6 is 0 Å². The molecule has 3 N–H and O–H groups in total. The molecule has 0 aliphatic rings. The third kappa shape index (κ3) is 3.57. The van der Waals surface area contributed by atoms with Crippen molar-refractivity contribution in [1.29, 1.82) is 0 Å². The third-order valence-corrected chi connectivity index (χ3v) is 3.26. The van der Waals surface area contributed by atoms with Gasteiger partial charge < -0.3 is 11.1 Å². The average molecular weight is 252 g/mol. The summed E-state index contributed by atoms with van der Waals surface area (Å²) >= 11 is 0. The summed E-state index contributed by atoms with van der Waals surface area (Å²) < 4.78 is 1.83. The molecule has 0 saturated carbocycles. The highest BCUT2D eigenvalue weighted by atomic mass is 16.1. The first-order chi connectivity index (χ1) is 8.41. The van der Waals surface area contributed by atoms with Crippen LogP contribution in [0.2, 0.25) is 0 Å². The lowest BCUT2D eigenvalue weighted by molar-refractivity contribution is 0.0910. The highest BCUT2D eigenvalue weighted by Crippen LogP contribution is 2.12. The zero-order valence-electron chi connectivity index (χ0n) is 11.8. The van der Waals surface area contributed by atoms with Gasteiger partial charge in [-0.3, -0.25) is 9.48 Å². The Bertz CT molecular complexity index is 409. The van der Waals surface area contributed by atoms with E-state index in [0.29, 0.717) is 12.1 Å². The van der Waals surface area contributed by atoms with Gasteiger partial charge in [0.15, 0.2) is 0 Å². The molecule has 1 aromatic heterocycles. The van der Waals surface area contributed by atoms with Crippen molar-refractivity contribution in [3.8, 4) is 0 Å². The van der Waals surface area contributed by atoms with Gasteiger partial charge >= 0.3 is 0 Å². The van der Waals surface area contributed by atoms with Crippen molar-refractivity contribution < 1.29 is 4.79 Å². The van der Waals surface area contributed by atoms with Gasteiger partial charge in [-0.05, 0) is 40.2 Å². The predicted molar refractivity (Wildman–Crippen MR) is 72.5 cm³/mol. The van der Waals surface area contributed by atoms with Crippen molar-refractivity contribution in [3.63, 3.8) is 0 Å². The maximum Gasteiger partial charge on any atom is 0.255 e. The summed E-state index contributed by atoms with van der Waals surface area (Å²) in [6, 6.07) is 0. The van der Waals surface area contributed by atoms with Gasteiger partial charge in [0.1, 0.15) is 0 Å².